The maximum atomic E-state index is 11.2. The van der Waals surface area contributed by atoms with Crippen LogP contribution in [0.3, 0.4) is 0 Å². The number of carboxylic acid groups (broad SMARTS) is 1. The highest BCUT2D eigenvalue weighted by molar-refractivity contribution is 5.70. The molecule has 104 valence electrons. The molecule has 0 aromatic heterocycles. The van der Waals surface area contributed by atoms with Crippen LogP contribution in [-0.2, 0) is 11.2 Å². The molecule has 1 aromatic rings. The quantitative estimate of drug-likeness (QED) is 0.824. The normalized spacial score (nSPS) is 18.7. The van der Waals surface area contributed by atoms with Crippen LogP contribution < -0.4 is 10.5 Å². The zero-order valence-corrected chi connectivity index (χ0v) is 11.3. The average Bonchev–Trinajstić information content (AvgIpc) is 2.75. The van der Waals surface area contributed by atoms with Crippen LogP contribution in [0.4, 0.5) is 0 Å². The standard InChI is InChI=1S/C15H21NO3/c1-10-4-5-14-12(7-10)9-13(19-14)8-11(15(17)18)3-2-6-16/h4-5,7,11,13H,2-3,6,8-9,16H2,1H3,(H,17,18). The van der Waals surface area contributed by atoms with E-state index in [1.54, 1.807) is 0 Å². The van der Waals surface area contributed by atoms with Crippen LogP contribution in [0.1, 0.15) is 30.4 Å². The SMILES string of the molecule is Cc1ccc2c(c1)CC(CC(CCCN)C(=O)O)O2. The predicted molar refractivity (Wildman–Crippen MR) is 73.3 cm³/mol. The minimum Gasteiger partial charge on any atom is -0.490 e. The van der Waals surface area contributed by atoms with Crippen molar-refractivity contribution in [3.8, 4) is 5.75 Å². The van der Waals surface area contributed by atoms with E-state index in [9.17, 15) is 9.90 Å². The van der Waals surface area contributed by atoms with Gasteiger partial charge in [0.1, 0.15) is 11.9 Å². The van der Waals surface area contributed by atoms with E-state index in [2.05, 4.69) is 13.0 Å². The molecule has 19 heavy (non-hydrogen) atoms. The molecule has 0 saturated carbocycles. The van der Waals surface area contributed by atoms with Crippen molar-refractivity contribution in [3.63, 3.8) is 0 Å². The number of aliphatic carboxylic acids is 1. The first-order valence-corrected chi connectivity index (χ1v) is 6.79. The molecule has 0 spiro atoms. The highest BCUT2D eigenvalue weighted by Gasteiger charge is 2.28. The van der Waals surface area contributed by atoms with Crippen molar-refractivity contribution < 1.29 is 14.6 Å². The molecular weight excluding hydrogens is 242 g/mol. The molecule has 3 N–H and O–H groups in total. The van der Waals surface area contributed by atoms with Crippen LogP contribution in [0.15, 0.2) is 18.2 Å². The number of rotatable bonds is 6. The molecule has 0 fully saturated rings. The summed E-state index contributed by atoms with van der Waals surface area (Å²) in [5, 5.41) is 9.22. The summed E-state index contributed by atoms with van der Waals surface area (Å²) < 4.78 is 5.83. The number of hydrogen-bond acceptors (Lipinski definition) is 3. The van der Waals surface area contributed by atoms with E-state index in [0.717, 1.165) is 18.6 Å². The molecule has 2 atom stereocenters. The summed E-state index contributed by atoms with van der Waals surface area (Å²) in [6.07, 6.45) is 2.72. The van der Waals surface area contributed by atoms with Crippen LogP contribution in [0.25, 0.3) is 0 Å². The number of benzene rings is 1. The fraction of sp³-hybridized carbons (Fsp3) is 0.533. The van der Waals surface area contributed by atoms with Gasteiger partial charge in [0.05, 0.1) is 5.92 Å². The van der Waals surface area contributed by atoms with Gasteiger partial charge in [0.15, 0.2) is 0 Å². The molecule has 4 nitrogen and oxygen atoms in total. The monoisotopic (exact) mass is 263 g/mol. The average molecular weight is 263 g/mol. The number of nitrogens with two attached hydrogens (primary N) is 1. The topological polar surface area (TPSA) is 72.6 Å². The van der Waals surface area contributed by atoms with Crippen LogP contribution in [0.2, 0.25) is 0 Å². The molecule has 1 aliphatic rings. The molecule has 2 unspecified atom stereocenters. The number of fused-ring (bicyclic) bond motifs is 1. The van der Waals surface area contributed by atoms with Gasteiger partial charge in [-0.1, -0.05) is 17.7 Å². The van der Waals surface area contributed by atoms with Gasteiger partial charge in [0.2, 0.25) is 0 Å². The fourth-order valence-corrected chi connectivity index (χ4v) is 2.60. The number of hydrogen-bond donors (Lipinski definition) is 2. The van der Waals surface area contributed by atoms with Gasteiger partial charge in [0, 0.05) is 6.42 Å². The summed E-state index contributed by atoms with van der Waals surface area (Å²) in [5.41, 5.74) is 7.84. The molecule has 4 heteroatoms. The molecule has 0 saturated heterocycles. The van der Waals surface area contributed by atoms with Crippen molar-refractivity contribution in [2.75, 3.05) is 6.54 Å². The lowest BCUT2D eigenvalue weighted by Gasteiger charge is -2.16. The van der Waals surface area contributed by atoms with Crippen molar-refractivity contribution in [1.29, 1.82) is 0 Å². The lowest BCUT2D eigenvalue weighted by atomic mass is 9.94. The van der Waals surface area contributed by atoms with E-state index < -0.39 is 5.97 Å². The second-order valence-electron chi connectivity index (χ2n) is 5.26. The first-order chi connectivity index (χ1) is 9.10. The van der Waals surface area contributed by atoms with Crippen molar-refractivity contribution in [1.82, 2.24) is 0 Å². The van der Waals surface area contributed by atoms with Crippen molar-refractivity contribution in [2.45, 2.75) is 38.7 Å². The zero-order chi connectivity index (χ0) is 13.8. The summed E-state index contributed by atoms with van der Waals surface area (Å²) in [6.45, 7) is 2.59. The van der Waals surface area contributed by atoms with Gasteiger partial charge in [-0.2, -0.15) is 0 Å². The summed E-state index contributed by atoms with van der Waals surface area (Å²) >= 11 is 0. The van der Waals surface area contributed by atoms with Crippen LogP contribution in [0, 0.1) is 12.8 Å². The van der Waals surface area contributed by atoms with Gasteiger partial charge in [-0.15, -0.1) is 0 Å². The van der Waals surface area contributed by atoms with Gasteiger partial charge in [0.25, 0.3) is 0 Å². The Bertz CT molecular complexity index is 459. The Hall–Kier alpha value is -1.55. The predicted octanol–water partition coefficient (Wildman–Crippen LogP) is 2.13. The van der Waals surface area contributed by atoms with E-state index in [4.69, 9.17) is 10.5 Å². The Morgan fingerprint density at radius 2 is 2.37 bits per heavy atom. The van der Waals surface area contributed by atoms with Gasteiger partial charge in [-0.05, 0) is 44.4 Å². The highest BCUT2D eigenvalue weighted by atomic mass is 16.5. The van der Waals surface area contributed by atoms with Gasteiger partial charge in [-0.3, -0.25) is 4.79 Å². The molecule has 1 aliphatic heterocycles. The molecule has 2 rings (SSSR count). The van der Waals surface area contributed by atoms with Gasteiger partial charge < -0.3 is 15.6 Å². The zero-order valence-electron chi connectivity index (χ0n) is 11.3. The number of carboxylic acids is 1. The molecule has 0 radical (unpaired) electrons. The third-order valence-electron chi connectivity index (χ3n) is 3.61. The van der Waals surface area contributed by atoms with Crippen LogP contribution >= 0.6 is 0 Å². The van der Waals surface area contributed by atoms with Gasteiger partial charge >= 0.3 is 5.97 Å². The highest BCUT2D eigenvalue weighted by Crippen LogP contribution is 2.32. The Labute approximate surface area is 113 Å². The summed E-state index contributed by atoms with van der Waals surface area (Å²) in [6, 6.07) is 6.11. The van der Waals surface area contributed by atoms with E-state index in [1.807, 2.05) is 12.1 Å². The second kappa shape index (κ2) is 6.06. The number of carbonyl (C=O) groups is 1. The summed E-state index contributed by atoms with van der Waals surface area (Å²) in [7, 11) is 0. The largest absolute Gasteiger partial charge is 0.490 e. The molecular formula is C15H21NO3. The Morgan fingerprint density at radius 3 is 3.05 bits per heavy atom. The molecule has 1 aromatic carbocycles. The second-order valence-corrected chi connectivity index (χ2v) is 5.26. The summed E-state index contributed by atoms with van der Waals surface area (Å²) in [4.78, 5) is 11.2. The first kappa shape index (κ1) is 13.9. The number of ether oxygens (including phenoxy) is 1. The maximum Gasteiger partial charge on any atom is 0.306 e. The van der Waals surface area contributed by atoms with Crippen molar-refractivity contribution >= 4 is 5.97 Å². The molecule has 0 aliphatic carbocycles. The van der Waals surface area contributed by atoms with E-state index >= 15 is 0 Å². The maximum absolute atomic E-state index is 11.2. The van der Waals surface area contributed by atoms with Gasteiger partial charge in [-0.25, -0.2) is 0 Å². The molecule has 0 amide bonds. The smallest absolute Gasteiger partial charge is 0.306 e. The van der Waals surface area contributed by atoms with Crippen LogP contribution in [0.5, 0.6) is 5.75 Å². The van der Waals surface area contributed by atoms with E-state index in [1.165, 1.54) is 11.1 Å². The van der Waals surface area contributed by atoms with Crippen molar-refractivity contribution in [3.05, 3.63) is 29.3 Å². The third kappa shape index (κ3) is 3.47. The lowest BCUT2D eigenvalue weighted by Crippen LogP contribution is -2.24. The summed E-state index contributed by atoms with van der Waals surface area (Å²) in [5.74, 6) is -0.202. The Morgan fingerprint density at radius 1 is 1.58 bits per heavy atom. The number of aryl methyl sites for hydroxylation is 1. The fourth-order valence-electron chi connectivity index (χ4n) is 2.60. The van der Waals surface area contributed by atoms with Crippen molar-refractivity contribution in [2.24, 2.45) is 11.7 Å². The van der Waals surface area contributed by atoms with E-state index in [-0.39, 0.29) is 12.0 Å². The Kier molecular flexibility index (Phi) is 4.43. The lowest BCUT2D eigenvalue weighted by molar-refractivity contribution is -0.142. The van der Waals surface area contributed by atoms with E-state index in [0.29, 0.717) is 19.4 Å². The molecule has 0 bridgehead atoms. The third-order valence-corrected chi connectivity index (χ3v) is 3.61. The Balaban J connectivity index is 1.96. The first-order valence-electron chi connectivity index (χ1n) is 6.79. The molecule has 1 heterocycles. The minimum atomic E-state index is -0.746. The van der Waals surface area contributed by atoms with Crippen LogP contribution in [-0.4, -0.2) is 23.7 Å². The minimum absolute atomic E-state index is 0.0179.